The molecule has 2 aromatic rings. The van der Waals surface area contributed by atoms with Crippen LogP contribution < -0.4 is 5.73 Å². The number of rotatable bonds is 3. The minimum Gasteiger partial charge on any atom is -0.481 e. The maximum atomic E-state index is 10.4. The van der Waals surface area contributed by atoms with Gasteiger partial charge in [0.05, 0.1) is 24.0 Å². The molecule has 158 valence electrons. The van der Waals surface area contributed by atoms with Crippen LogP contribution in [0.25, 0.3) is 11.0 Å². The minimum atomic E-state index is -0.602. The van der Waals surface area contributed by atoms with Crippen molar-refractivity contribution in [3.05, 3.63) is 17.5 Å². The summed E-state index contributed by atoms with van der Waals surface area (Å²) in [5.41, 5.74) is 6.46. The SMILES string of the molecule is C#C.Nc1nc(Cl)nc2c1ccn2[C@H]1CC[C@@H](CO)O1.O=C(O)C1CCCCC1. The van der Waals surface area contributed by atoms with Crippen molar-refractivity contribution in [1.29, 1.82) is 0 Å². The smallest absolute Gasteiger partial charge is 0.306 e. The van der Waals surface area contributed by atoms with Crippen LogP contribution in [0.1, 0.15) is 51.2 Å². The van der Waals surface area contributed by atoms with E-state index >= 15 is 0 Å². The Bertz CT molecular complexity index is 832. The Balaban J connectivity index is 0.000000231. The Morgan fingerprint density at radius 2 is 1.93 bits per heavy atom. The van der Waals surface area contributed by atoms with Gasteiger partial charge in [-0.05, 0) is 43.4 Å². The molecule has 0 unspecified atom stereocenters. The molecule has 1 saturated carbocycles. The monoisotopic (exact) mass is 422 g/mol. The quantitative estimate of drug-likeness (QED) is 0.512. The highest BCUT2D eigenvalue weighted by Gasteiger charge is 2.27. The van der Waals surface area contributed by atoms with Gasteiger partial charge in [0, 0.05) is 6.20 Å². The zero-order valence-corrected chi connectivity index (χ0v) is 17.0. The molecule has 4 rings (SSSR count). The number of aliphatic hydroxyl groups is 1. The van der Waals surface area contributed by atoms with Crippen LogP contribution in [0.15, 0.2) is 12.3 Å². The van der Waals surface area contributed by atoms with Crippen molar-refractivity contribution in [2.24, 2.45) is 5.92 Å². The molecule has 4 N–H and O–H groups in total. The summed E-state index contributed by atoms with van der Waals surface area (Å²) in [5, 5.41) is 18.5. The number of hydrogen-bond acceptors (Lipinski definition) is 6. The summed E-state index contributed by atoms with van der Waals surface area (Å²) >= 11 is 5.82. The molecular formula is C20H27ClN4O4. The highest BCUT2D eigenvalue weighted by atomic mass is 35.5. The van der Waals surface area contributed by atoms with Crippen LogP contribution >= 0.6 is 11.6 Å². The van der Waals surface area contributed by atoms with E-state index in [9.17, 15) is 4.79 Å². The predicted molar refractivity (Wildman–Crippen MR) is 111 cm³/mol. The number of halogens is 1. The first-order valence-corrected chi connectivity index (χ1v) is 9.99. The number of hydrogen-bond donors (Lipinski definition) is 3. The molecule has 3 heterocycles. The molecule has 2 aromatic heterocycles. The number of carbonyl (C=O) groups is 1. The molecule has 0 spiro atoms. The summed E-state index contributed by atoms with van der Waals surface area (Å²) in [6, 6.07) is 1.84. The van der Waals surface area contributed by atoms with Gasteiger partial charge in [-0.15, -0.1) is 12.8 Å². The van der Waals surface area contributed by atoms with Gasteiger partial charge in [0.2, 0.25) is 5.28 Å². The Morgan fingerprint density at radius 3 is 2.48 bits per heavy atom. The lowest BCUT2D eigenvalue weighted by atomic mass is 9.90. The number of nitrogens with two attached hydrogens (primary N) is 1. The molecule has 1 aliphatic carbocycles. The fraction of sp³-hybridized carbons (Fsp3) is 0.550. The molecule has 1 aliphatic heterocycles. The van der Waals surface area contributed by atoms with E-state index in [2.05, 4.69) is 22.8 Å². The van der Waals surface area contributed by atoms with Gasteiger partial charge in [-0.25, -0.2) is 4.98 Å². The standard InChI is InChI=1S/C11H13ClN4O2.C7H12O2.C2H2/c12-11-14-9(13)7-3-4-16(10(7)15-11)8-2-1-6(5-17)18-8;8-7(9)6-4-2-1-3-5-6;1-2/h3-4,6,8,17H,1-2,5H2,(H2,13,14,15);6H,1-5H2,(H,8,9);1-2H/t6-,8+;;/m0../s1. The molecule has 0 aromatic carbocycles. The summed E-state index contributed by atoms with van der Waals surface area (Å²) in [7, 11) is 0. The first kappa shape index (κ1) is 22.9. The van der Waals surface area contributed by atoms with Crippen molar-refractivity contribution in [1.82, 2.24) is 14.5 Å². The summed E-state index contributed by atoms with van der Waals surface area (Å²) in [5.74, 6) is -0.270. The summed E-state index contributed by atoms with van der Waals surface area (Å²) in [6.45, 7) is 0.0353. The van der Waals surface area contributed by atoms with Crippen LogP contribution in [-0.2, 0) is 9.53 Å². The Hall–Kier alpha value is -2.34. The molecule has 29 heavy (non-hydrogen) atoms. The predicted octanol–water partition coefficient (Wildman–Crippen LogP) is 3.24. The molecule has 8 nitrogen and oxygen atoms in total. The number of ether oxygens (including phenoxy) is 1. The number of aromatic nitrogens is 3. The van der Waals surface area contributed by atoms with Crippen molar-refractivity contribution >= 4 is 34.4 Å². The number of anilines is 1. The largest absolute Gasteiger partial charge is 0.481 e. The number of carboxylic acids is 1. The van der Waals surface area contributed by atoms with E-state index < -0.39 is 5.97 Å². The maximum absolute atomic E-state index is 10.4. The van der Waals surface area contributed by atoms with Crippen LogP contribution in [0.4, 0.5) is 5.82 Å². The van der Waals surface area contributed by atoms with Gasteiger partial charge in [0.1, 0.15) is 17.7 Å². The zero-order chi connectivity index (χ0) is 21.4. The molecule has 1 saturated heterocycles. The fourth-order valence-corrected chi connectivity index (χ4v) is 3.81. The van der Waals surface area contributed by atoms with Crippen molar-refractivity contribution in [3.63, 3.8) is 0 Å². The van der Waals surface area contributed by atoms with E-state index in [0.717, 1.165) is 43.9 Å². The van der Waals surface area contributed by atoms with E-state index in [1.54, 1.807) is 0 Å². The third kappa shape index (κ3) is 5.82. The van der Waals surface area contributed by atoms with Gasteiger partial charge in [0.15, 0.2) is 0 Å². The number of aliphatic hydroxyl groups excluding tert-OH is 1. The normalized spacial score (nSPS) is 21.7. The van der Waals surface area contributed by atoms with E-state index in [-0.39, 0.29) is 30.1 Å². The Morgan fingerprint density at radius 1 is 1.24 bits per heavy atom. The molecule has 0 radical (unpaired) electrons. The van der Waals surface area contributed by atoms with Gasteiger partial charge >= 0.3 is 5.97 Å². The van der Waals surface area contributed by atoms with E-state index in [4.69, 9.17) is 32.3 Å². The lowest BCUT2D eigenvalue weighted by Crippen LogP contribution is -2.16. The third-order valence-electron chi connectivity index (χ3n) is 5.13. The highest BCUT2D eigenvalue weighted by Crippen LogP contribution is 2.32. The molecular weight excluding hydrogens is 396 g/mol. The Kier molecular flexibility index (Phi) is 8.70. The van der Waals surface area contributed by atoms with E-state index in [0.29, 0.717) is 11.5 Å². The first-order chi connectivity index (χ1) is 14.0. The molecule has 0 amide bonds. The van der Waals surface area contributed by atoms with Crippen molar-refractivity contribution in [3.8, 4) is 12.8 Å². The zero-order valence-electron chi connectivity index (χ0n) is 16.2. The first-order valence-electron chi connectivity index (χ1n) is 9.61. The molecule has 0 bridgehead atoms. The van der Waals surface area contributed by atoms with Crippen molar-refractivity contribution < 1.29 is 19.7 Å². The number of terminal acetylenes is 1. The van der Waals surface area contributed by atoms with Crippen molar-refractivity contribution in [2.75, 3.05) is 12.3 Å². The second-order valence-electron chi connectivity index (χ2n) is 6.98. The highest BCUT2D eigenvalue weighted by molar-refractivity contribution is 6.28. The molecule has 2 atom stereocenters. The van der Waals surface area contributed by atoms with Crippen LogP contribution in [0.3, 0.4) is 0 Å². The van der Waals surface area contributed by atoms with Crippen LogP contribution in [0.2, 0.25) is 5.28 Å². The number of fused-ring (bicyclic) bond motifs is 1. The summed E-state index contributed by atoms with van der Waals surface area (Å²) in [4.78, 5) is 18.5. The molecule has 2 aliphatic rings. The van der Waals surface area contributed by atoms with Crippen LogP contribution in [0, 0.1) is 18.8 Å². The number of nitrogens with zero attached hydrogens (tertiary/aromatic N) is 3. The topological polar surface area (TPSA) is 123 Å². The van der Waals surface area contributed by atoms with Crippen molar-refractivity contribution in [2.45, 2.75) is 57.3 Å². The van der Waals surface area contributed by atoms with Crippen LogP contribution in [0.5, 0.6) is 0 Å². The Labute approximate surface area is 175 Å². The van der Waals surface area contributed by atoms with Gasteiger partial charge in [-0.1, -0.05) is 19.3 Å². The van der Waals surface area contributed by atoms with Crippen LogP contribution in [-0.4, -0.2) is 43.4 Å². The van der Waals surface area contributed by atoms with Gasteiger partial charge in [-0.2, -0.15) is 4.98 Å². The van der Waals surface area contributed by atoms with E-state index in [1.165, 1.54) is 6.42 Å². The third-order valence-corrected chi connectivity index (χ3v) is 5.30. The number of carboxylic acid groups (broad SMARTS) is 1. The van der Waals surface area contributed by atoms with E-state index in [1.807, 2.05) is 16.8 Å². The molecule has 9 heteroatoms. The minimum absolute atomic E-state index is 0.0289. The average molecular weight is 423 g/mol. The lowest BCUT2D eigenvalue weighted by molar-refractivity contribution is -0.142. The fourth-order valence-electron chi connectivity index (χ4n) is 3.64. The van der Waals surface area contributed by atoms with Gasteiger partial charge < -0.3 is 25.3 Å². The number of nitrogen functional groups attached to an aromatic ring is 1. The summed E-state index contributed by atoms with van der Waals surface area (Å²) in [6.07, 6.45) is 16.5. The lowest BCUT2D eigenvalue weighted by Gasteiger charge is -2.16. The second-order valence-corrected chi connectivity index (χ2v) is 7.32. The maximum Gasteiger partial charge on any atom is 0.306 e. The second kappa shape index (κ2) is 11.0. The van der Waals surface area contributed by atoms with Gasteiger partial charge in [0.25, 0.3) is 0 Å². The number of aliphatic carboxylic acids is 1. The van der Waals surface area contributed by atoms with Gasteiger partial charge in [-0.3, -0.25) is 4.79 Å². The molecule has 2 fully saturated rings. The summed E-state index contributed by atoms with van der Waals surface area (Å²) < 4.78 is 7.60. The average Bonchev–Trinajstić information content (AvgIpc) is 3.37.